The van der Waals surface area contributed by atoms with E-state index in [1.807, 2.05) is 31.2 Å². The standard InChI is InChI=1S/C26H27N3O6/c1-17-7-25(31)26(35-15-19-8-18(14-34-2)9-21(10-19)29(32)33)12-23(17)27-13-22-11-20-5-3-4-6-24(20)28(22)16-30/h3-10,12,16,22,27,31H,11,13-15H2,1-2H3. The Hall–Kier alpha value is -4.11. The number of anilines is 2. The lowest BCUT2D eigenvalue weighted by molar-refractivity contribution is -0.385. The van der Waals surface area contributed by atoms with Gasteiger partial charge in [-0.1, -0.05) is 18.2 Å². The van der Waals surface area contributed by atoms with Crippen molar-refractivity contribution in [1.29, 1.82) is 0 Å². The summed E-state index contributed by atoms with van der Waals surface area (Å²) < 4.78 is 10.9. The molecule has 35 heavy (non-hydrogen) atoms. The number of nitro groups is 1. The summed E-state index contributed by atoms with van der Waals surface area (Å²) in [6, 6.07) is 15.8. The minimum atomic E-state index is -0.460. The number of carbonyl (C=O) groups excluding carboxylic acids is 1. The first-order valence-corrected chi connectivity index (χ1v) is 11.2. The van der Waals surface area contributed by atoms with Crippen LogP contribution in [-0.2, 0) is 29.2 Å². The van der Waals surface area contributed by atoms with Crippen molar-refractivity contribution in [3.8, 4) is 11.5 Å². The Bertz CT molecular complexity index is 1250. The smallest absolute Gasteiger partial charge is 0.270 e. The van der Waals surface area contributed by atoms with Crippen molar-refractivity contribution in [3.05, 3.63) is 87.0 Å². The molecule has 0 fully saturated rings. The van der Waals surface area contributed by atoms with Gasteiger partial charge in [-0.05, 0) is 53.8 Å². The number of carbonyl (C=O) groups is 1. The van der Waals surface area contributed by atoms with Gasteiger partial charge in [0.2, 0.25) is 6.41 Å². The van der Waals surface area contributed by atoms with Crippen LogP contribution in [0.15, 0.2) is 54.6 Å². The van der Waals surface area contributed by atoms with Gasteiger partial charge < -0.3 is 24.8 Å². The largest absolute Gasteiger partial charge is 0.504 e. The lowest BCUT2D eigenvalue weighted by Crippen LogP contribution is -2.36. The van der Waals surface area contributed by atoms with Crippen LogP contribution in [0.3, 0.4) is 0 Å². The van der Waals surface area contributed by atoms with Crippen molar-refractivity contribution in [2.75, 3.05) is 23.9 Å². The molecule has 0 bridgehead atoms. The maximum absolute atomic E-state index is 11.7. The summed E-state index contributed by atoms with van der Waals surface area (Å²) in [4.78, 5) is 24.2. The second-order valence-electron chi connectivity index (χ2n) is 8.50. The van der Waals surface area contributed by atoms with Crippen LogP contribution >= 0.6 is 0 Å². The maximum atomic E-state index is 11.7. The summed E-state index contributed by atoms with van der Waals surface area (Å²) >= 11 is 0. The fraction of sp³-hybridized carbons (Fsp3) is 0.269. The number of para-hydroxylation sites is 1. The number of hydrogen-bond donors (Lipinski definition) is 2. The van der Waals surface area contributed by atoms with Gasteiger partial charge in [-0.3, -0.25) is 14.9 Å². The van der Waals surface area contributed by atoms with E-state index in [0.29, 0.717) is 17.7 Å². The highest BCUT2D eigenvalue weighted by Crippen LogP contribution is 2.35. The number of nitrogens with zero attached hydrogens (tertiary/aromatic N) is 2. The van der Waals surface area contributed by atoms with E-state index in [-0.39, 0.29) is 36.4 Å². The molecule has 0 aromatic heterocycles. The molecule has 4 rings (SSSR count). The first-order valence-electron chi connectivity index (χ1n) is 11.2. The molecule has 3 aromatic carbocycles. The topological polar surface area (TPSA) is 114 Å². The quantitative estimate of drug-likeness (QED) is 0.193. The van der Waals surface area contributed by atoms with Gasteiger partial charge in [0.05, 0.1) is 17.6 Å². The van der Waals surface area contributed by atoms with E-state index in [2.05, 4.69) is 5.32 Å². The highest BCUT2D eigenvalue weighted by Gasteiger charge is 2.28. The molecule has 1 heterocycles. The van der Waals surface area contributed by atoms with Crippen LogP contribution in [0.4, 0.5) is 17.1 Å². The number of phenols is 1. The van der Waals surface area contributed by atoms with Gasteiger partial charge in [0.15, 0.2) is 11.5 Å². The number of nitro benzene ring substituents is 1. The summed E-state index contributed by atoms with van der Waals surface area (Å²) in [5, 5.41) is 25.1. The monoisotopic (exact) mass is 477 g/mol. The van der Waals surface area contributed by atoms with E-state index in [1.54, 1.807) is 23.1 Å². The van der Waals surface area contributed by atoms with Crippen molar-refractivity contribution in [1.82, 2.24) is 0 Å². The number of non-ortho nitro benzene ring substituents is 1. The second kappa shape index (κ2) is 10.4. The molecule has 0 saturated heterocycles. The average Bonchev–Trinajstić information content (AvgIpc) is 3.20. The van der Waals surface area contributed by atoms with Crippen LogP contribution in [0.5, 0.6) is 11.5 Å². The average molecular weight is 478 g/mol. The first kappa shape index (κ1) is 24.0. The van der Waals surface area contributed by atoms with Gasteiger partial charge in [-0.2, -0.15) is 0 Å². The number of nitrogens with one attached hydrogen (secondary N) is 1. The fourth-order valence-corrected chi connectivity index (χ4v) is 4.35. The molecule has 3 aromatic rings. The normalized spacial score (nSPS) is 14.5. The molecule has 9 heteroatoms. The molecule has 1 unspecified atom stereocenters. The van der Waals surface area contributed by atoms with E-state index in [0.717, 1.165) is 35.3 Å². The molecule has 2 N–H and O–H groups in total. The van der Waals surface area contributed by atoms with Crippen LogP contribution in [-0.4, -0.2) is 36.1 Å². The molecule has 182 valence electrons. The van der Waals surface area contributed by atoms with E-state index in [4.69, 9.17) is 9.47 Å². The van der Waals surface area contributed by atoms with E-state index in [1.165, 1.54) is 19.2 Å². The van der Waals surface area contributed by atoms with E-state index < -0.39 is 4.92 Å². The van der Waals surface area contributed by atoms with Crippen LogP contribution in [0.25, 0.3) is 0 Å². The Morgan fingerprint density at radius 3 is 2.63 bits per heavy atom. The molecular formula is C26H27N3O6. The summed E-state index contributed by atoms with van der Waals surface area (Å²) in [7, 11) is 1.52. The highest BCUT2D eigenvalue weighted by atomic mass is 16.6. The van der Waals surface area contributed by atoms with Crippen molar-refractivity contribution in [2.45, 2.75) is 32.6 Å². The molecule has 1 atom stereocenters. The summed E-state index contributed by atoms with van der Waals surface area (Å²) in [6.45, 7) is 2.65. The number of aromatic hydroxyl groups is 1. The van der Waals surface area contributed by atoms with Crippen molar-refractivity contribution in [3.63, 3.8) is 0 Å². The Balaban J connectivity index is 1.47. The minimum Gasteiger partial charge on any atom is -0.504 e. The molecule has 9 nitrogen and oxygen atoms in total. The number of aryl methyl sites for hydroxylation is 1. The van der Waals surface area contributed by atoms with E-state index in [9.17, 15) is 20.0 Å². The third-order valence-electron chi connectivity index (χ3n) is 6.02. The van der Waals surface area contributed by atoms with Crippen molar-refractivity contribution < 1.29 is 24.3 Å². The molecule has 1 amide bonds. The maximum Gasteiger partial charge on any atom is 0.270 e. The molecule has 1 aliphatic rings. The molecule has 0 radical (unpaired) electrons. The zero-order valence-corrected chi connectivity index (χ0v) is 19.6. The second-order valence-corrected chi connectivity index (χ2v) is 8.50. The fourth-order valence-electron chi connectivity index (χ4n) is 4.35. The highest BCUT2D eigenvalue weighted by molar-refractivity contribution is 5.81. The minimum absolute atomic E-state index is 0.0293. The van der Waals surface area contributed by atoms with Crippen molar-refractivity contribution in [2.24, 2.45) is 0 Å². The van der Waals surface area contributed by atoms with Gasteiger partial charge in [0, 0.05) is 43.2 Å². The number of hydrogen-bond acceptors (Lipinski definition) is 7. The van der Waals surface area contributed by atoms with Crippen molar-refractivity contribution >= 4 is 23.5 Å². The number of methoxy groups -OCH3 is 1. The number of phenolic OH excluding ortho intramolecular Hbond substituents is 1. The Morgan fingerprint density at radius 1 is 1.17 bits per heavy atom. The molecule has 0 saturated carbocycles. The Labute approximate surface area is 203 Å². The van der Waals surface area contributed by atoms with Crippen LogP contribution < -0.4 is 15.0 Å². The van der Waals surface area contributed by atoms with Crippen LogP contribution in [0.1, 0.15) is 22.3 Å². The molecule has 0 spiro atoms. The number of fused-ring (bicyclic) bond motifs is 1. The SMILES string of the molecule is COCc1cc(COc2cc(NCC3Cc4ccccc4N3C=O)c(C)cc2O)cc([N+](=O)[O-])c1. The van der Waals surface area contributed by atoms with Gasteiger partial charge in [0.25, 0.3) is 5.69 Å². The number of rotatable bonds is 10. The Kier molecular flexibility index (Phi) is 7.17. The number of benzene rings is 3. The summed E-state index contributed by atoms with van der Waals surface area (Å²) in [6.07, 6.45) is 1.60. The zero-order valence-electron chi connectivity index (χ0n) is 19.6. The van der Waals surface area contributed by atoms with Crippen LogP contribution in [0.2, 0.25) is 0 Å². The predicted molar refractivity (Wildman–Crippen MR) is 132 cm³/mol. The lowest BCUT2D eigenvalue weighted by Gasteiger charge is -2.22. The van der Waals surface area contributed by atoms with Gasteiger partial charge >= 0.3 is 0 Å². The molecule has 0 aliphatic carbocycles. The molecular weight excluding hydrogens is 450 g/mol. The van der Waals surface area contributed by atoms with E-state index >= 15 is 0 Å². The first-order chi connectivity index (χ1) is 16.9. The zero-order chi connectivity index (χ0) is 24.9. The summed E-state index contributed by atoms with van der Waals surface area (Å²) in [5.41, 5.74) is 4.83. The predicted octanol–water partition coefficient (Wildman–Crippen LogP) is 4.33. The number of ether oxygens (including phenoxy) is 2. The van der Waals surface area contributed by atoms with Gasteiger partial charge in [-0.15, -0.1) is 0 Å². The summed E-state index contributed by atoms with van der Waals surface area (Å²) in [5.74, 6) is 0.221. The third-order valence-corrected chi connectivity index (χ3v) is 6.02. The molecule has 1 aliphatic heterocycles. The van der Waals surface area contributed by atoms with Gasteiger partial charge in [-0.25, -0.2) is 0 Å². The Morgan fingerprint density at radius 2 is 1.91 bits per heavy atom. The van der Waals surface area contributed by atoms with Crippen LogP contribution in [0, 0.1) is 17.0 Å². The third kappa shape index (κ3) is 5.36. The number of amides is 1. The van der Waals surface area contributed by atoms with Gasteiger partial charge in [0.1, 0.15) is 6.61 Å². The lowest BCUT2D eigenvalue weighted by atomic mass is 10.1.